The van der Waals surface area contributed by atoms with Crippen LogP contribution in [0, 0.1) is 0 Å². The van der Waals surface area contributed by atoms with Gasteiger partial charge in [0.1, 0.15) is 0 Å². The topological polar surface area (TPSA) is 95.9 Å². The van der Waals surface area contributed by atoms with Gasteiger partial charge in [0.2, 0.25) is 5.91 Å². The molecule has 2 atom stereocenters. The van der Waals surface area contributed by atoms with E-state index in [-0.39, 0.29) is 18.5 Å². The molecule has 0 aliphatic heterocycles. The van der Waals surface area contributed by atoms with Crippen LogP contribution in [0.5, 0.6) is 0 Å². The number of ether oxygens (including phenoxy) is 1. The summed E-state index contributed by atoms with van der Waals surface area (Å²) in [6, 6.07) is -0.625. The van der Waals surface area contributed by atoms with Crippen molar-refractivity contribution in [3.05, 3.63) is 24.3 Å². The maximum absolute atomic E-state index is 12.5. The number of aliphatic hydroxyl groups is 2. The van der Waals surface area contributed by atoms with Gasteiger partial charge in [0, 0.05) is 12.8 Å². The van der Waals surface area contributed by atoms with Crippen LogP contribution in [0.2, 0.25) is 0 Å². The molecule has 0 aromatic carbocycles. The second-order valence-electron chi connectivity index (χ2n) is 27.8. The zero-order valence-electron chi connectivity index (χ0n) is 59.3. The van der Waals surface area contributed by atoms with Crippen LogP contribution in [-0.4, -0.2) is 47.4 Å². The largest absolute Gasteiger partial charge is 0.466 e. The number of amides is 1. The summed E-state index contributed by atoms with van der Waals surface area (Å²) in [4.78, 5) is 24.6. The Morgan fingerprint density at radius 3 is 0.816 bits per heavy atom. The van der Waals surface area contributed by atoms with E-state index in [4.69, 9.17) is 4.74 Å². The number of aliphatic hydroxyl groups excluding tert-OH is 2. The van der Waals surface area contributed by atoms with Crippen LogP contribution < -0.4 is 5.32 Å². The quantitative estimate of drug-likeness (QED) is 0.0320. The summed E-state index contributed by atoms with van der Waals surface area (Å²) in [5, 5.41) is 23.2. The molecule has 0 bridgehead atoms. The van der Waals surface area contributed by atoms with Crippen molar-refractivity contribution in [2.45, 2.75) is 469 Å². The summed E-state index contributed by atoms with van der Waals surface area (Å²) < 4.78 is 5.52. The zero-order chi connectivity index (χ0) is 62.8. The van der Waals surface area contributed by atoms with Crippen LogP contribution in [-0.2, 0) is 14.3 Å². The number of unbranched alkanes of at least 4 members (excludes halogenated alkanes) is 63. The molecule has 0 saturated carbocycles. The van der Waals surface area contributed by atoms with Crippen molar-refractivity contribution in [3.63, 3.8) is 0 Å². The van der Waals surface area contributed by atoms with E-state index in [2.05, 4.69) is 31.3 Å². The highest BCUT2D eigenvalue weighted by Crippen LogP contribution is 2.20. The molecule has 0 saturated heterocycles. The highest BCUT2D eigenvalue weighted by molar-refractivity contribution is 5.76. The molecule has 0 aromatic heterocycles. The summed E-state index contributed by atoms with van der Waals surface area (Å²) in [6.45, 7) is 4.96. The molecule has 516 valence electrons. The number of rotatable bonds is 76. The van der Waals surface area contributed by atoms with Gasteiger partial charge in [0.25, 0.3) is 0 Å². The van der Waals surface area contributed by atoms with Gasteiger partial charge < -0.3 is 20.3 Å². The van der Waals surface area contributed by atoms with Crippen molar-refractivity contribution in [2.24, 2.45) is 0 Å². The Bertz CT molecular complexity index is 1360. The summed E-state index contributed by atoms with van der Waals surface area (Å²) >= 11 is 0. The minimum atomic E-state index is -0.841. The Hall–Kier alpha value is -1.66. The molecular formula is C81H157NO5. The number of carbonyl (C=O) groups is 2. The van der Waals surface area contributed by atoms with Gasteiger partial charge in [0.05, 0.1) is 25.4 Å². The number of hydrogen-bond donors (Lipinski definition) is 3. The number of hydrogen-bond acceptors (Lipinski definition) is 5. The first-order valence-electron chi connectivity index (χ1n) is 40.1. The summed E-state index contributed by atoms with van der Waals surface area (Å²) in [7, 11) is 0. The van der Waals surface area contributed by atoms with Crippen molar-refractivity contribution in [2.75, 3.05) is 13.2 Å². The van der Waals surface area contributed by atoms with E-state index in [0.717, 1.165) is 38.5 Å². The Balaban J connectivity index is 3.32. The lowest BCUT2D eigenvalue weighted by Crippen LogP contribution is -2.45. The average Bonchev–Trinajstić information content (AvgIpc) is 3.58. The van der Waals surface area contributed by atoms with Crippen LogP contribution >= 0.6 is 0 Å². The van der Waals surface area contributed by atoms with Gasteiger partial charge in [-0.25, -0.2) is 0 Å². The molecule has 0 aromatic rings. The fourth-order valence-electron chi connectivity index (χ4n) is 12.9. The van der Waals surface area contributed by atoms with Crippen LogP contribution in [0.15, 0.2) is 24.3 Å². The maximum atomic E-state index is 12.5. The molecule has 6 nitrogen and oxygen atoms in total. The van der Waals surface area contributed by atoms with E-state index in [0.29, 0.717) is 19.4 Å². The maximum Gasteiger partial charge on any atom is 0.305 e. The predicted octanol–water partition coefficient (Wildman–Crippen LogP) is 26.4. The minimum Gasteiger partial charge on any atom is -0.466 e. The van der Waals surface area contributed by atoms with Crippen molar-refractivity contribution >= 4 is 11.9 Å². The standard InChI is InChI=1S/C81H157NO5/c1-3-5-7-9-11-13-15-17-19-42-47-51-55-59-63-67-71-75-81(86)87-76-72-68-64-60-56-52-48-44-41-39-37-35-33-31-29-27-25-23-21-22-24-26-28-30-32-34-36-38-40-43-46-50-54-58-62-66-70-74-80(85)82-78(77-83)79(84)73-69-65-61-57-53-49-45-20-18-16-14-12-10-8-6-4-2/h21,23,69,73,78-79,83-84H,3-20,22,24-68,70-72,74-77H2,1-2H3,(H,82,85)/b23-21-,73-69+. The SMILES string of the molecule is CCCCCCCCCCCCCCCC/C=C/C(O)C(CO)NC(=O)CCCCCCCCCCCCCCCCCCC/C=C\CCCCCCCCCCCCCCCCCCOC(=O)CCCCCCCCCCCCCCCCCCC. The minimum absolute atomic E-state index is 0.0262. The zero-order valence-corrected chi connectivity index (χ0v) is 59.3. The summed E-state index contributed by atoms with van der Waals surface area (Å²) in [5.74, 6) is -0.0343. The Labute approximate surface area is 545 Å². The fourth-order valence-corrected chi connectivity index (χ4v) is 12.9. The average molecular weight is 1230 g/mol. The van der Waals surface area contributed by atoms with Gasteiger partial charge in [-0.3, -0.25) is 9.59 Å². The second kappa shape index (κ2) is 76.8. The molecule has 0 fully saturated rings. The van der Waals surface area contributed by atoms with E-state index in [9.17, 15) is 19.8 Å². The van der Waals surface area contributed by atoms with Crippen LogP contribution in [0.1, 0.15) is 457 Å². The van der Waals surface area contributed by atoms with Crippen molar-refractivity contribution in [1.82, 2.24) is 5.32 Å². The van der Waals surface area contributed by atoms with Gasteiger partial charge in [-0.2, -0.15) is 0 Å². The third-order valence-corrected chi connectivity index (χ3v) is 19.0. The van der Waals surface area contributed by atoms with Gasteiger partial charge in [-0.15, -0.1) is 0 Å². The number of allylic oxidation sites excluding steroid dienone is 3. The van der Waals surface area contributed by atoms with E-state index in [1.807, 2.05) is 6.08 Å². The van der Waals surface area contributed by atoms with Crippen molar-refractivity contribution < 1.29 is 24.5 Å². The normalized spacial score (nSPS) is 12.6. The monoisotopic (exact) mass is 1220 g/mol. The van der Waals surface area contributed by atoms with Crippen LogP contribution in [0.25, 0.3) is 0 Å². The second-order valence-corrected chi connectivity index (χ2v) is 27.8. The van der Waals surface area contributed by atoms with Gasteiger partial charge in [-0.1, -0.05) is 411 Å². The van der Waals surface area contributed by atoms with Gasteiger partial charge >= 0.3 is 5.97 Å². The van der Waals surface area contributed by atoms with E-state index < -0.39 is 12.1 Å². The molecule has 6 heteroatoms. The van der Waals surface area contributed by atoms with Gasteiger partial charge in [-0.05, 0) is 57.8 Å². The number of esters is 1. The van der Waals surface area contributed by atoms with E-state index in [1.165, 1.54) is 392 Å². The third-order valence-electron chi connectivity index (χ3n) is 19.0. The summed E-state index contributed by atoms with van der Waals surface area (Å²) in [6.07, 6.45) is 98.9. The first-order valence-corrected chi connectivity index (χ1v) is 40.1. The lowest BCUT2D eigenvalue weighted by atomic mass is 10.0. The van der Waals surface area contributed by atoms with E-state index in [1.54, 1.807) is 6.08 Å². The first-order chi connectivity index (χ1) is 43.0. The third kappa shape index (κ3) is 73.3. The number of nitrogens with one attached hydrogen (secondary N) is 1. The van der Waals surface area contributed by atoms with Gasteiger partial charge in [0.15, 0.2) is 0 Å². The fraction of sp³-hybridized carbons (Fsp3) is 0.926. The Kier molecular flexibility index (Phi) is 75.3. The molecule has 0 rings (SSSR count). The highest BCUT2D eigenvalue weighted by atomic mass is 16.5. The van der Waals surface area contributed by atoms with E-state index >= 15 is 0 Å². The highest BCUT2D eigenvalue weighted by Gasteiger charge is 2.18. The van der Waals surface area contributed by atoms with Crippen LogP contribution in [0.4, 0.5) is 0 Å². The van der Waals surface area contributed by atoms with Crippen LogP contribution in [0.3, 0.4) is 0 Å². The Morgan fingerprint density at radius 2 is 0.540 bits per heavy atom. The summed E-state index contributed by atoms with van der Waals surface area (Å²) in [5.41, 5.74) is 0. The molecule has 1 amide bonds. The molecule has 0 radical (unpaired) electrons. The molecule has 0 spiro atoms. The number of carbonyl (C=O) groups excluding carboxylic acids is 2. The van der Waals surface area contributed by atoms with Crippen molar-refractivity contribution in [1.29, 1.82) is 0 Å². The molecule has 0 aliphatic carbocycles. The molecular weight excluding hydrogens is 1070 g/mol. The first kappa shape index (κ1) is 85.3. The smallest absolute Gasteiger partial charge is 0.305 e. The molecule has 2 unspecified atom stereocenters. The molecule has 3 N–H and O–H groups in total. The molecule has 0 heterocycles. The Morgan fingerprint density at radius 1 is 0.310 bits per heavy atom. The molecule has 87 heavy (non-hydrogen) atoms. The lowest BCUT2D eigenvalue weighted by molar-refractivity contribution is -0.143. The van der Waals surface area contributed by atoms with Crippen molar-refractivity contribution in [3.8, 4) is 0 Å². The molecule has 0 aliphatic rings. The lowest BCUT2D eigenvalue weighted by Gasteiger charge is -2.20. The predicted molar refractivity (Wildman–Crippen MR) is 384 cm³/mol.